The lowest BCUT2D eigenvalue weighted by atomic mass is 10.2. The lowest BCUT2D eigenvalue weighted by molar-refractivity contribution is -0.121. The Hall–Kier alpha value is -2.22. The highest BCUT2D eigenvalue weighted by Crippen LogP contribution is 2.16. The zero-order valence-electron chi connectivity index (χ0n) is 10.4. The number of ether oxygens (including phenoxy) is 2. The summed E-state index contributed by atoms with van der Waals surface area (Å²) in [6.07, 6.45) is 2.71. The van der Waals surface area contributed by atoms with Gasteiger partial charge in [-0.3, -0.25) is 4.79 Å². The number of carbonyl (C=O) groups is 2. The van der Waals surface area contributed by atoms with E-state index in [1.54, 1.807) is 4.90 Å². The molecule has 1 unspecified atom stereocenters. The highest BCUT2D eigenvalue weighted by Gasteiger charge is 2.29. The van der Waals surface area contributed by atoms with Gasteiger partial charge in [-0.2, -0.15) is 0 Å². The number of primary amides is 1. The molecule has 0 radical (unpaired) electrons. The van der Waals surface area contributed by atoms with Crippen molar-refractivity contribution in [2.24, 2.45) is 5.73 Å². The van der Waals surface area contributed by atoms with Crippen molar-refractivity contribution < 1.29 is 19.1 Å². The molecule has 1 amide bonds. The molecule has 0 bridgehead atoms. The molecule has 1 saturated heterocycles. The van der Waals surface area contributed by atoms with Gasteiger partial charge >= 0.3 is 5.97 Å². The van der Waals surface area contributed by atoms with Gasteiger partial charge in [-0.25, -0.2) is 14.8 Å². The third kappa shape index (κ3) is 2.79. The lowest BCUT2D eigenvalue weighted by Crippen LogP contribution is -2.53. The minimum atomic E-state index is -0.577. The fraction of sp³-hybridized carbons (Fsp3) is 0.455. The van der Waals surface area contributed by atoms with Gasteiger partial charge in [0.2, 0.25) is 5.91 Å². The van der Waals surface area contributed by atoms with E-state index in [0.717, 1.165) is 0 Å². The molecule has 2 rings (SSSR count). The number of esters is 1. The molecule has 1 aliphatic heterocycles. The molecule has 1 aromatic heterocycles. The smallest absolute Gasteiger partial charge is 0.358 e. The molecule has 8 nitrogen and oxygen atoms in total. The van der Waals surface area contributed by atoms with Crippen molar-refractivity contribution in [1.82, 2.24) is 9.97 Å². The first-order valence-corrected chi connectivity index (χ1v) is 5.67. The zero-order valence-corrected chi connectivity index (χ0v) is 10.4. The third-order valence-electron chi connectivity index (χ3n) is 2.78. The van der Waals surface area contributed by atoms with E-state index in [1.807, 2.05) is 0 Å². The molecular weight excluding hydrogens is 252 g/mol. The summed E-state index contributed by atoms with van der Waals surface area (Å²) in [6.45, 7) is 1.18. The van der Waals surface area contributed by atoms with Crippen LogP contribution in [0.3, 0.4) is 0 Å². The van der Waals surface area contributed by atoms with Crippen molar-refractivity contribution in [3.63, 3.8) is 0 Å². The van der Waals surface area contributed by atoms with Gasteiger partial charge in [0.25, 0.3) is 0 Å². The van der Waals surface area contributed by atoms with Gasteiger partial charge in [0.1, 0.15) is 11.9 Å². The highest BCUT2D eigenvalue weighted by atomic mass is 16.5. The summed E-state index contributed by atoms with van der Waals surface area (Å²) < 4.78 is 9.74. The van der Waals surface area contributed by atoms with Gasteiger partial charge in [-0.1, -0.05) is 0 Å². The summed E-state index contributed by atoms with van der Waals surface area (Å²) in [5.41, 5.74) is 5.42. The molecule has 102 valence electrons. The molecular formula is C11H14N4O4. The van der Waals surface area contributed by atoms with Crippen LogP contribution in [0.15, 0.2) is 12.4 Å². The summed E-state index contributed by atoms with van der Waals surface area (Å²) in [7, 11) is 1.27. The lowest BCUT2D eigenvalue weighted by Gasteiger charge is -2.34. The monoisotopic (exact) mass is 266 g/mol. The molecule has 2 N–H and O–H groups in total. The number of carbonyl (C=O) groups excluding carboxylic acids is 2. The fourth-order valence-corrected chi connectivity index (χ4v) is 1.79. The fourth-order valence-electron chi connectivity index (χ4n) is 1.79. The van der Waals surface area contributed by atoms with Crippen molar-refractivity contribution in [3.8, 4) is 0 Å². The number of aromatic nitrogens is 2. The first-order valence-electron chi connectivity index (χ1n) is 5.67. The molecule has 8 heteroatoms. The number of hydrogen-bond donors (Lipinski definition) is 1. The number of rotatable bonds is 3. The Kier molecular flexibility index (Phi) is 3.91. The molecule has 1 aromatic rings. The summed E-state index contributed by atoms with van der Waals surface area (Å²) in [6, 6.07) is -0.577. The van der Waals surface area contributed by atoms with Crippen LogP contribution < -0.4 is 10.6 Å². The summed E-state index contributed by atoms with van der Waals surface area (Å²) in [5.74, 6) is -0.578. The molecule has 2 heterocycles. The quantitative estimate of drug-likeness (QED) is 0.696. The van der Waals surface area contributed by atoms with Crippen LogP contribution >= 0.6 is 0 Å². The first kappa shape index (κ1) is 13.2. The standard InChI is InChI=1S/C11H14N4O4/c1-18-11(17)7-4-14-9(5-13-7)15-2-3-19-6-8(15)10(12)16/h4-5,8H,2-3,6H2,1H3,(H2,12,16). The van der Waals surface area contributed by atoms with E-state index in [4.69, 9.17) is 10.5 Å². The molecule has 1 fully saturated rings. The number of morpholine rings is 1. The SMILES string of the molecule is COC(=O)c1cnc(N2CCOCC2C(N)=O)cn1. The number of methoxy groups -OCH3 is 1. The van der Waals surface area contributed by atoms with Crippen LogP contribution in [-0.2, 0) is 14.3 Å². The van der Waals surface area contributed by atoms with Crippen LogP contribution in [0.1, 0.15) is 10.5 Å². The van der Waals surface area contributed by atoms with Gasteiger partial charge in [0.15, 0.2) is 5.69 Å². The minimum absolute atomic E-state index is 0.107. The number of amides is 1. The Labute approximate surface area is 109 Å². The Morgan fingerprint density at radius 3 is 2.84 bits per heavy atom. The average Bonchev–Trinajstić information content (AvgIpc) is 2.46. The summed E-state index contributed by atoms with van der Waals surface area (Å²) >= 11 is 0. The molecule has 0 aromatic carbocycles. The minimum Gasteiger partial charge on any atom is -0.464 e. The molecule has 1 atom stereocenters. The van der Waals surface area contributed by atoms with E-state index in [9.17, 15) is 9.59 Å². The van der Waals surface area contributed by atoms with E-state index in [2.05, 4.69) is 14.7 Å². The molecule has 1 aliphatic rings. The predicted octanol–water partition coefficient (Wildman–Crippen LogP) is -1.05. The molecule has 19 heavy (non-hydrogen) atoms. The van der Waals surface area contributed by atoms with Gasteiger partial charge in [0, 0.05) is 6.54 Å². The van der Waals surface area contributed by atoms with Crippen LogP contribution in [0.2, 0.25) is 0 Å². The Bertz CT molecular complexity index is 476. The van der Waals surface area contributed by atoms with Gasteiger partial charge in [0.05, 0.1) is 32.7 Å². The van der Waals surface area contributed by atoms with E-state index >= 15 is 0 Å². The van der Waals surface area contributed by atoms with Crippen LogP contribution in [0.5, 0.6) is 0 Å². The Morgan fingerprint density at radius 1 is 1.47 bits per heavy atom. The third-order valence-corrected chi connectivity index (χ3v) is 2.78. The largest absolute Gasteiger partial charge is 0.464 e. The average molecular weight is 266 g/mol. The second kappa shape index (κ2) is 5.61. The molecule has 0 saturated carbocycles. The van der Waals surface area contributed by atoms with E-state index in [1.165, 1.54) is 19.5 Å². The van der Waals surface area contributed by atoms with Crippen LogP contribution in [0.4, 0.5) is 5.82 Å². The van der Waals surface area contributed by atoms with Crippen LogP contribution in [-0.4, -0.2) is 54.8 Å². The highest BCUT2D eigenvalue weighted by molar-refractivity contribution is 5.87. The van der Waals surface area contributed by atoms with Gasteiger partial charge in [-0.05, 0) is 0 Å². The van der Waals surface area contributed by atoms with E-state index in [0.29, 0.717) is 19.0 Å². The van der Waals surface area contributed by atoms with Gasteiger partial charge < -0.3 is 20.1 Å². The second-order valence-electron chi connectivity index (χ2n) is 3.94. The van der Waals surface area contributed by atoms with E-state index in [-0.39, 0.29) is 12.3 Å². The number of nitrogens with zero attached hydrogens (tertiary/aromatic N) is 3. The topological polar surface area (TPSA) is 108 Å². The van der Waals surface area contributed by atoms with Crippen molar-refractivity contribution in [2.45, 2.75) is 6.04 Å². The summed E-state index contributed by atoms with van der Waals surface area (Å²) in [4.78, 5) is 32.3. The predicted molar refractivity (Wildman–Crippen MR) is 64.5 cm³/mol. The first-order chi connectivity index (χ1) is 9.13. The number of nitrogens with two attached hydrogens (primary N) is 1. The molecule has 0 aliphatic carbocycles. The van der Waals surface area contributed by atoms with Crippen molar-refractivity contribution in [2.75, 3.05) is 31.8 Å². The molecule has 0 spiro atoms. The van der Waals surface area contributed by atoms with Crippen LogP contribution in [0, 0.1) is 0 Å². The van der Waals surface area contributed by atoms with Crippen molar-refractivity contribution >= 4 is 17.7 Å². The summed E-state index contributed by atoms with van der Waals surface area (Å²) in [5, 5.41) is 0. The van der Waals surface area contributed by atoms with E-state index < -0.39 is 17.9 Å². The Balaban J connectivity index is 2.20. The number of hydrogen-bond acceptors (Lipinski definition) is 7. The van der Waals surface area contributed by atoms with Crippen molar-refractivity contribution in [3.05, 3.63) is 18.1 Å². The number of anilines is 1. The maximum Gasteiger partial charge on any atom is 0.358 e. The van der Waals surface area contributed by atoms with Crippen LogP contribution in [0.25, 0.3) is 0 Å². The second-order valence-corrected chi connectivity index (χ2v) is 3.94. The Morgan fingerprint density at radius 2 is 2.26 bits per heavy atom. The maximum atomic E-state index is 11.3. The zero-order chi connectivity index (χ0) is 13.8. The van der Waals surface area contributed by atoms with Crippen molar-refractivity contribution in [1.29, 1.82) is 0 Å². The normalized spacial score (nSPS) is 19.0. The maximum absolute atomic E-state index is 11.3. The van der Waals surface area contributed by atoms with Gasteiger partial charge in [-0.15, -0.1) is 0 Å².